The van der Waals surface area contributed by atoms with E-state index in [4.69, 9.17) is 11.6 Å². The van der Waals surface area contributed by atoms with Crippen LogP contribution in [0, 0.1) is 0 Å². The number of benzene rings is 1. The van der Waals surface area contributed by atoms with E-state index in [1.807, 2.05) is 13.1 Å². The van der Waals surface area contributed by atoms with Crippen molar-refractivity contribution in [2.75, 3.05) is 12.4 Å². The number of halogens is 1. The molecule has 19 heavy (non-hydrogen) atoms. The first kappa shape index (κ1) is 14.2. The van der Waals surface area contributed by atoms with Crippen LogP contribution in [-0.4, -0.2) is 18.5 Å². The molecule has 1 aliphatic rings. The quantitative estimate of drug-likeness (QED) is 0.883. The topological polar surface area (TPSA) is 41.1 Å². The van der Waals surface area contributed by atoms with Crippen LogP contribution in [0.3, 0.4) is 0 Å². The Morgan fingerprint density at radius 2 is 1.95 bits per heavy atom. The molecule has 0 aromatic heterocycles. The van der Waals surface area contributed by atoms with Crippen molar-refractivity contribution >= 4 is 23.2 Å². The number of carbonyl (C=O) groups is 1. The van der Waals surface area contributed by atoms with Gasteiger partial charge in [0.05, 0.1) is 5.56 Å². The zero-order valence-electron chi connectivity index (χ0n) is 11.6. The smallest absolute Gasteiger partial charge is 0.253 e. The summed E-state index contributed by atoms with van der Waals surface area (Å²) < 4.78 is 0. The van der Waals surface area contributed by atoms with Crippen LogP contribution >= 0.6 is 11.6 Å². The van der Waals surface area contributed by atoms with Gasteiger partial charge in [0, 0.05) is 23.3 Å². The molecule has 0 heterocycles. The van der Waals surface area contributed by atoms with Crippen LogP contribution < -0.4 is 10.6 Å². The van der Waals surface area contributed by atoms with Crippen molar-refractivity contribution in [3.63, 3.8) is 0 Å². The molecule has 1 aromatic carbocycles. The van der Waals surface area contributed by atoms with Crippen LogP contribution in [0.25, 0.3) is 0 Å². The Bertz CT molecular complexity index is 467. The van der Waals surface area contributed by atoms with Gasteiger partial charge >= 0.3 is 0 Å². The molecule has 0 radical (unpaired) electrons. The Morgan fingerprint density at radius 3 is 2.58 bits per heavy atom. The second-order valence-electron chi connectivity index (χ2n) is 5.52. The monoisotopic (exact) mass is 280 g/mol. The highest BCUT2D eigenvalue weighted by Gasteiger charge is 2.29. The minimum absolute atomic E-state index is 0.0451. The lowest BCUT2D eigenvalue weighted by molar-refractivity contribution is 0.0883. The number of hydrogen-bond acceptors (Lipinski definition) is 2. The van der Waals surface area contributed by atoms with Crippen molar-refractivity contribution in [1.29, 1.82) is 0 Å². The van der Waals surface area contributed by atoms with E-state index in [9.17, 15) is 4.79 Å². The van der Waals surface area contributed by atoms with Crippen molar-refractivity contribution in [2.45, 2.75) is 44.6 Å². The Labute approximate surface area is 119 Å². The molecule has 0 unspecified atom stereocenters. The molecule has 1 aromatic rings. The lowest BCUT2D eigenvalue weighted by Crippen LogP contribution is -2.47. The van der Waals surface area contributed by atoms with Gasteiger partial charge in [0.15, 0.2) is 0 Å². The summed E-state index contributed by atoms with van der Waals surface area (Å²) in [7, 11) is 1.81. The summed E-state index contributed by atoms with van der Waals surface area (Å²) in [5.74, 6) is -0.0451. The molecule has 2 rings (SSSR count). The molecule has 3 nitrogen and oxygen atoms in total. The SMILES string of the molecule is CNc1ccc(Cl)cc1C(=O)NC1(C)CCCCC1. The highest BCUT2D eigenvalue weighted by atomic mass is 35.5. The van der Waals surface area contributed by atoms with Crippen LogP contribution in [0.5, 0.6) is 0 Å². The van der Waals surface area contributed by atoms with Gasteiger partial charge in [-0.25, -0.2) is 0 Å². The standard InChI is InChI=1S/C15H21ClN2O/c1-15(8-4-3-5-9-15)18-14(19)12-10-11(16)6-7-13(12)17-2/h6-7,10,17H,3-5,8-9H2,1-2H3,(H,18,19). The molecule has 1 amide bonds. The summed E-state index contributed by atoms with van der Waals surface area (Å²) in [6, 6.07) is 5.34. The molecule has 1 fully saturated rings. The first-order valence-corrected chi connectivity index (χ1v) is 7.22. The normalized spacial score (nSPS) is 17.8. The maximum Gasteiger partial charge on any atom is 0.253 e. The maximum absolute atomic E-state index is 12.4. The van der Waals surface area contributed by atoms with E-state index in [-0.39, 0.29) is 11.4 Å². The fourth-order valence-corrected chi connectivity index (χ4v) is 2.89. The lowest BCUT2D eigenvalue weighted by atomic mass is 9.83. The van der Waals surface area contributed by atoms with E-state index >= 15 is 0 Å². The van der Waals surface area contributed by atoms with E-state index in [1.54, 1.807) is 12.1 Å². The number of anilines is 1. The van der Waals surface area contributed by atoms with Crippen LogP contribution in [0.4, 0.5) is 5.69 Å². The van der Waals surface area contributed by atoms with E-state index in [0.717, 1.165) is 18.5 Å². The van der Waals surface area contributed by atoms with Gasteiger partial charge in [-0.05, 0) is 38.0 Å². The van der Waals surface area contributed by atoms with E-state index < -0.39 is 0 Å². The average Bonchev–Trinajstić information content (AvgIpc) is 2.39. The van der Waals surface area contributed by atoms with Gasteiger partial charge in [0.2, 0.25) is 0 Å². The third-order valence-electron chi connectivity index (χ3n) is 3.87. The van der Waals surface area contributed by atoms with Crippen molar-refractivity contribution in [3.8, 4) is 0 Å². The van der Waals surface area contributed by atoms with Crippen molar-refractivity contribution in [1.82, 2.24) is 5.32 Å². The summed E-state index contributed by atoms with van der Waals surface area (Å²) in [5.41, 5.74) is 1.34. The Balaban J connectivity index is 2.17. The van der Waals surface area contributed by atoms with E-state index in [2.05, 4.69) is 17.6 Å². The number of nitrogens with one attached hydrogen (secondary N) is 2. The van der Waals surface area contributed by atoms with Crippen LogP contribution in [0.15, 0.2) is 18.2 Å². The number of rotatable bonds is 3. The van der Waals surface area contributed by atoms with Crippen molar-refractivity contribution in [2.24, 2.45) is 0 Å². The van der Waals surface area contributed by atoms with E-state index in [1.165, 1.54) is 19.3 Å². The first-order chi connectivity index (χ1) is 9.04. The van der Waals surface area contributed by atoms with Gasteiger partial charge in [-0.3, -0.25) is 4.79 Å². The van der Waals surface area contributed by atoms with Gasteiger partial charge in [-0.1, -0.05) is 30.9 Å². The Morgan fingerprint density at radius 1 is 1.26 bits per heavy atom. The zero-order valence-corrected chi connectivity index (χ0v) is 12.3. The average molecular weight is 281 g/mol. The molecule has 2 N–H and O–H groups in total. The van der Waals surface area contributed by atoms with E-state index in [0.29, 0.717) is 10.6 Å². The van der Waals surface area contributed by atoms with Crippen LogP contribution in [0.1, 0.15) is 49.4 Å². The van der Waals surface area contributed by atoms with Crippen LogP contribution in [-0.2, 0) is 0 Å². The predicted molar refractivity (Wildman–Crippen MR) is 80.0 cm³/mol. The molecular weight excluding hydrogens is 260 g/mol. The highest BCUT2D eigenvalue weighted by Crippen LogP contribution is 2.29. The van der Waals surface area contributed by atoms with Gasteiger partial charge in [-0.2, -0.15) is 0 Å². The Kier molecular flexibility index (Phi) is 4.35. The third kappa shape index (κ3) is 3.41. The summed E-state index contributed by atoms with van der Waals surface area (Å²) >= 11 is 5.99. The zero-order chi connectivity index (χ0) is 13.9. The highest BCUT2D eigenvalue weighted by molar-refractivity contribution is 6.31. The molecule has 0 saturated heterocycles. The minimum Gasteiger partial charge on any atom is -0.387 e. The molecule has 1 saturated carbocycles. The van der Waals surface area contributed by atoms with Crippen molar-refractivity contribution < 1.29 is 4.79 Å². The second-order valence-corrected chi connectivity index (χ2v) is 5.95. The molecular formula is C15H21ClN2O. The Hall–Kier alpha value is -1.22. The van der Waals surface area contributed by atoms with Gasteiger partial charge in [0.1, 0.15) is 0 Å². The molecule has 4 heteroatoms. The molecule has 0 bridgehead atoms. The number of carbonyl (C=O) groups excluding carboxylic acids is 1. The maximum atomic E-state index is 12.4. The van der Waals surface area contributed by atoms with Gasteiger partial charge in [0.25, 0.3) is 5.91 Å². The molecule has 0 atom stereocenters. The summed E-state index contributed by atoms with van der Waals surface area (Å²) in [5, 5.41) is 6.79. The summed E-state index contributed by atoms with van der Waals surface area (Å²) in [6.07, 6.45) is 5.74. The summed E-state index contributed by atoms with van der Waals surface area (Å²) in [6.45, 7) is 2.13. The second kappa shape index (κ2) is 5.83. The molecule has 0 aliphatic heterocycles. The summed E-state index contributed by atoms with van der Waals surface area (Å²) in [4.78, 5) is 12.4. The fourth-order valence-electron chi connectivity index (χ4n) is 2.72. The molecule has 0 spiro atoms. The fraction of sp³-hybridized carbons (Fsp3) is 0.533. The van der Waals surface area contributed by atoms with Crippen LogP contribution in [0.2, 0.25) is 5.02 Å². The predicted octanol–water partition coefficient (Wildman–Crippen LogP) is 3.83. The lowest BCUT2D eigenvalue weighted by Gasteiger charge is -2.34. The number of hydrogen-bond donors (Lipinski definition) is 2. The molecule has 104 valence electrons. The third-order valence-corrected chi connectivity index (χ3v) is 4.10. The first-order valence-electron chi connectivity index (χ1n) is 6.84. The van der Waals surface area contributed by atoms with Gasteiger partial charge < -0.3 is 10.6 Å². The minimum atomic E-state index is -0.0807. The number of amides is 1. The molecule has 1 aliphatic carbocycles. The van der Waals surface area contributed by atoms with Gasteiger partial charge in [-0.15, -0.1) is 0 Å². The largest absolute Gasteiger partial charge is 0.387 e. The van der Waals surface area contributed by atoms with Crippen molar-refractivity contribution in [3.05, 3.63) is 28.8 Å².